The van der Waals surface area contributed by atoms with E-state index in [1.165, 1.54) is 12.1 Å². The molecule has 0 spiro atoms. The van der Waals surface area contributed by atoms with Crippen molar-refractivity contribution in [2.75, 3.05) is 23.8 Å². The summed E-state index contributed by atoms with van der Waals surface area (Å²) in [5, 5.41) is 24.5. The normalized spacial score (nSPS) is 10.3. The Morgan fingerprint density at radius 3 is 1.59 bits per heavy atom. The third-order valence-corrected chi connectivity index (χ3v) is 7.34. The average molecular weight is 687 g/mol. The SMILES string of the molecule is CCOc1cccc(-c2ccc(Nc3ccc(F)cc3C(=O)O)cn2)c1.CCOc1cccc(-c2ccc(Nc3ccccc3C(=O)O)cn2)c1. The van der Waals surface area contributed by atoms with E-state index in [-0.39, 0.29) is 11.1 Å². The van der Waals surface area contributed by atoms with Gasteiger partial charge in [-0.3, -0.25) is 9.97 Å². The summed E-state index contributed by atoms with van der Waals surface area (Å²) in [6.45, 7) is 5.07. The number of nitrogens with one attached hydrogen (secondary N) is 2. The molecule has 0 amide bonds. The third-order valence-electron chi connectivity index (χ3n) is 7.34. The lowest BCUT2D eigenvalue weighted by molar-refractivity contribution is 0.0687. The Bertz CT molecular complexity index is 2110. The van der Waals surface area contributed by atoms with Crippen LogP contribution < -0.4 is 20.1 Å². The van der Waals surface area contributed by atoms with Gasteiger partial charge in [0.2, 0.25) is 0 Å². The zero-order valence-corrected chi connectivity index (χ0v) is 27.8. The number of ether oxygens (including phenoxy) is 2. The molecule has 11 heteroatoms. The number of anilines is 4. The van der Waals surface area contributed by atoms with E-state index in [1.54, 1.807) is 42.7 Å². The Morgan fingerprint density at radius 1 is 0.608 bits per heavy atom. The summed E-state index contributed by atoms with van der Waals surface area (Å²) in [4.78, 5) is 31.4. The fourth-order valence-electron chi connectivity index (χ4n) is 4.99. The lowest BCUT2D eigenvalue weighted by Gasteiger charge is -2.10. The van der Waals surface area contributed by atoms with Crippen molar-refractivity contribution in [1.29, 1.82) is 0 Å². The molecule has 6 aromatic rings. The van der Waals surface area contributed by atoms with E-state index in [2.05, 4.69) is 20.6 Å². The van der Waals surface area contributed by atoms with Crippen molar-refractivity contribution in [1.82, 2.24) is 9.97 Å². The number of hydrogen-bond donors (Lipinski definition) is 4. The molecular weight excluding hydrogens is 651 g/mol. The molecule has 0 saturated heterocycles. The van der Waals surface area contributed by atoms with E-state index in [0.717, 1.165) is 45.8 Å². The minimum atomic E-state index is -1.20. The molecule has 258 valence electrons. The molecule has 2 heterocycles. The van der Waals surface area contributed by atoms with Crippen LogP contribution in [0.4, 0.5) is 27.1 Å². The summed E-state index contributed by atoms with van der Waals surface area (Å²) in [6.07, 6.45) is 3.28. The van der Waals surface area contributed by atoms with Crippen LogP contribution in [0.3, 0.4) is 0 Å². The molecule has 0 unspecified atom stereocenters. The quantitative estimate of drug-likeness (QED) is 0.0983. The van der Waals surface area contributed by atoms with Gasteiger partial charge in [-0.2, -0.15) is 0 Å². The van der Waals surface area contributed by atoms with E-state index in [4.69, 9.17) is 9.47 Å². The van der Waals surface area contributed by atoms with Crippen LogP contribution in [-0.2, 0) is 0 Å². The van der Waals surface area contributed by atoms with Crippen LogP contribution in [0.2, 0.25) is 0 Å². The Hall–Kier alpha value is -6.75. The second-order valence-electron chi connectivity index (χ2n) is 10.9. The van der Waals surface area contributed by atoms with Crippen molar-refractivity contribution in [3.8, 4) is 34.0 Å². The second kappa shape index (κ2) is 17.1. The summed E-state index contributed by atoms with van der Waals surface area (Å²) in [5.74, 6) is -1.20. The van der Waals surface area contributed by atoms with Gasteiger partial charge in [-0.25, -0.2) is 14.0 Å². The molecule has 0 fully saturated rings. The Balaban J connectivity index is 0.000000198. The molecule has 6 rings (SSSR count). The first-order chi connectivity index (χ1) is 24.7. The molecule has 0 bridgehead atoms. The molecule has 0 saturated carbocycles. The number of rotatable bonds is 12. The lowest BCUT2D eigenvalue weighted by Crippen LogP contribution is -2.03. The van der Waals surface area contributed by atoms with Crippen molar-refractivity contribution >= 4 is 34.7 Å². The van der Waals surface area contributed by atoms with Gasteiger partial charge in [-0.15, -0.1) is 0 Å². The smallest absolute Gasteiger partial charge is 0.337 e. The second-order valence-corrected chi connectivity index (χ2v) is 10.9. The van der Waals surface area contributed by atoms with Crippen molar-refractivity contribution in [2.45, 2.75) is 13.8 Å². The van der Waals surface area contributed by atoms with Gasteiger partial charge in [-0.1, -0.05) is 36.4 Å². The van der Waals surface area contributed by atoms with Gasteiger partial charge in [0.05, 0.1) is 70.9 Å². The minimum Gasteiger partial charge on any atom is -0.494 e. The van der Waals surface area contributed by atoms with Crippen LogP contribution in [0, 0.1) is 5.82 Å². The van der Waals surface area contributed by atoms with Crippen LogP contribution >= 0.6 is 0 Å². The van der Waals surface area contributed by atoms with Gasteiger partial charge in [0.1, 0.15) is 17.3 Å². The largest absolute Gasteiger partial charge is 0.494 e. The predicted molar refractivity (Wildman–Crippen MR) is 195 cm³/mol. The molecule has 0 aliphatic heterocycles. The van der Waals surface area contributed by atoms with Crippen molar-refractivity contribution < 1.29 is 33.7 Å². The minimum absolute atomic E-state index is 0.140. The number of carboxylic acids is 2. The number of carbonyl (C=O) groups is 2. The fourth-order valence-corrected chi connectivity index (χ4v) is 4.99. The Morgan fingerprint density at radius 2 is 1.12 bits per heavy atom. The first-order valence-electron chi connectivity index (χ1n) is 16.0. The number of nitrogens with zero attached hydrogens (tertiary/aromatic N) is 2. The zero-order valence-electron chi connectivity index (χ0n) is 27.8. The maximum absolute atomic E-state index is 13.3. The average Bonchev–Trinajstić information content (AvgIpc) is 3.14. The molecule has 51 heavy (non-hydrogen) atoms. The molecule has 0 radical (unpaired) electrons. The van der Waals surface area contributed by atoms with Crippen molar-refractivity contribution in [3.05, 3.63) is 145 Å². The topological polar surface area (TPSA) is 143 Å². The van der Waals surface area contributed by atoms with E-state index in [0.29, 0.717) is 30.3 Å². The number of aromatic carboxylic acids is 2. The van der Waals surface area contributed by atoms with Crippen molar-refractivity contribution in [3.63, 3.8) is 0 Å². The van der Waals surface area contributed by atoms with E-state index in [1.807, 2.05) is 80.6 Å². The lowest BCUT2D eigenvalue weighted by atomic mass is 10.1. The van der Waals surface area contributed by atoms with E-state index in [9.17, 15) is 24.2 Å². The highest BCUT2D eigenvalue weighted by molar-refractivity contribution is 5.95. The van der Waals surface area contributed by atoms with Crippen LogP contribution in [0.25, 0.3) is 22.5 Å². The standard InChI is InChI=1S/C20H17FN2O3.C20H18N2O3/c1-2-26-16-5-3-4-13(10-16)18-9-7-15(12-22-18)23-19-8-6-14(21)11-17(19)20(24)25;1-2-25-16-7-5-6-14(12-16)18-11-10-15(13-21-18)22-19-9-4-3-8-17(19)20(23)24/h3-12,23H,2H2,1H3,(H,24,25);3-13,22H,2H2,1H3,(H,23,24). The summed E-state index contributed by atoms with van der Waals surface area (Å²) in [7, 11) is 0. The first kappa shape index (κ1) is 35.6. The fraction of sp³-hybridized carbons (Fsp3) is 0.100. The number of halogens is 1. The Labute approximate surface area is 294 Å². The summed E-state index contributed by atoms with van der Waals surface area (Å²) in [6, 6.07) is 33.1. The molecule has 0 atom stereocenters. The predicted octanol–water partition coefficient (Wildman–Crippen LogP) is 9.32. The highest BCUT2D eigenvalue weighted by Crippen LogP contribution is 2.27. The molecule has 0 aliphatic carbocycles. The van der Waals surface area contributed by atoms with E-state index >= 15 is 0 Å². The maximum atomic E-state index is 13.3. The number of para-hydroxylation sites is 1. The number of benzene rings is 4. The van der Waals surface area contributed by atoms with Crippen LogP contribution in [0.5, 0.6) is 11.5 Å². The molecule has 2 aromatic heterocycles. The third kappa shape index (κ3) is 9.67. The number of carboxylic acid groups (broad SMARTS) is 2. The van der Waals surface area contributed by atoms with Gasteiger partial charge in [0, 0.05) is 11.1 Å². The Kier molecular flexibility index (Phi) is 11.9. The van der Waals surface area contributed by atoms with E-state index < -0.39 is 17.8 Å². The summed E-state index contributed by atoms with van der Waals surface area (Å²) >= 11 is 0. The van der Waals surface area contributed by atoms with Gasteiger partial charge in [0.25, 0.3) is 0 Å². The molecule has 10 nitrogen and oxygen atoms in total. The highest BCUT2D eigenvalue weighted by Gasteiger charge is 2.12. The maximum Gasteiger partial charge on any atom is 0.337 e. The first-order valence-corrected chi connectivity index (χ1v) is 16.0. The van der Waals surface area contributed by atoms with Gasteiger partial charge in [0.15, 0.2) is 0 Å². The van der Waals surface area contributed by atoms with Gasteiger partial charge in [-0.05, 0) is 92.7 Å². The number of pyridine rings is 2. The van der Waals surface area contributed by atoms with Crippen LogP contribution in [-0.4, -0.2) is 45.3 Å². The zero-order chi connectivity index (χ0) is 36.2. The number of aromatic nitrogens is 2. The van der Waals surface area contributed by atoms with Crippen LogP contribution in [0.1, 0.15) is 34.6 Å². The monoisotopic (exact) mass is 686 g/mol. The summed E-state index contributed by atoms with van der Waals surface area (Å²) < 4.78 is 24.3. The van der Waals surface area contributed by atoms with Crippen LogP contribution in [0.15, 0.2) is 128 Å². The molecule has 4 N–H and O–H groups in total. The highest BCUT2D eigenvalue weighted by atomic mass is 19.1. The van der Waals surface area contributed by atoms with Gasteiger partial charge >= 0.3 is 11.9 Å². The van der Waals surface area contributed by atoms with Crippen molar-refractivity contribution in [2.24, 2.45) is 0 Å². The number of hydrogen-bond acceptors (Lipinski definition) is 8. The summed E-state index contributed by atoms with van der Waals surface area (Å²) in [5.41, 5.74) is 5.68. The molecule has 0 aliphatic rings. The molecule has 4 aromatic carbocycles. The molecular formula is C40H35FN4O6. The van der Waals surface area contributed by atoms with Gasteiger partial charge < -0.3 is 30.3 Å².